The molecule has 3 aliphatic rings. The molecule has 216 valence electrons. The number of carbonyl (C=O) groups excluding carboxylic acids is 2. The van der Waals surface area contributed by atoms with Crippen LogP contribution in [0, 0.1) is 5.41 Å². The maximum absolute atomic E-state index is 13.2. The van der Waals surface area contributed by atoms with E-state index in [2.05, 4.69) is 21.9 Å². The number of ether oxygens (including phenoxy) is 1. The molecule has 6 rings (SSSR count). The quantitative estimate of drug-likeness (QED) is 0.345. The van der Waals surface area contributed by atoms with Gasteiger partial charge in [-0.3, -0.25) is 9.59 Å². The highest BCUT2D eigenvalue weighted by Crippen LogP contribution is 2.41. The van der Waals surface area contributed by atoms with Gasteiger partial charge in [-0.15, -0.1) is 0 Å². The molecule has 0 bridgehead atoms. The van der Waals surface area contributed by atoms with Crippen molar-refractivity contribution in [3.05, 3.63) is 65.1 Å². The Morgan fingerprint density at radius 1 is 1.12 bits per heavy atom. The Hall–Kier alpha value is -3.43. The van der Waals surface area contributed by atoms with Crippen molar-refractivity contribution in [3.63, 3.8) is 0 Å². The fourth-order valence-corrected chi connectivity index (χ4v) is 6.74. The zero-order chi connectivity index (χ0) is 28.6. The molecule has 2 aromatic heterocycles. The molecular weight excluding hydrogens is 540 g/mol. The van der Waals surface area contributed by atoms with Crippen LogP contribution in [0.4, 0.5) is 11.5 Å². The van der Waals surface area contributed by atoms with Crippen LogP contribution >= 0.6 is 11.6 Å². The molecule has 2 fully saturated rings. The number of nitrogens with zero attached hydrogens (tertiary/aromatic N) is 6. The van der Waals surface area contributed by atoms with Gasteiger partial charge in [0.2, 0.25) is 0 Å². The minimum absolute atomic E-state index is 0.0368. The van der Waals surface area contributed by atoms with Crippen molar-refractivity contribution in [2.24, 2.45) is 5.41 Å². The van der Waals surface area contributed by atoms with Gasteiger partial charge in [-0.25, -0.2) is 9.67 Å². The van der Waals surface area contributed by atoms with E-state index >= 15 is 0 Å². The summed E-state index contributed by atoms with van der Waals surface area (Å²) in [4.78, 5) is 37.0. The number of methoxy groups -OCH3 is 1. The Labute approximate surface area is 246 Å². The number of halogens is 1. The first kappa shape index (κ1) is 27.7. The van der Waals surface area contributed by atoms with Gasteiger partial charge in [-0.2, -0.15) is 5.10 Å². The van der Waals surface area contributed by atoms with Crippen LogP contribution in [0.15, 0.2) is 48.8 Å². The highest BCUT2D eigenvalue weighted by molar-refractivity contribution is 6.30. The normalized spacial score (nSPS) is 20.1. The molecular formula is C31H37ClN6O3. The lowest BCUT2D eigenvalue weighted by Crippen LogP contribution is -2.41. The first-order valence-corrected chi connectivity index (χ1v) is 14.9. The van der Waals surface area contributed by atoms with Crippen molar-refractivity contribution >= 4 is 35.0 Å². The van der Waals surface area contributed by atoms with Gasteiger partial charge < -0.3 is 19.4 Å². The van der Waals surface area contributed by atoms with E-state index in [1.807, 2.05) is 42.6 Å². The second kappa shape index (κ2) is 11.4. The van der Waals surface area contributed by atoms with Gasteiger partial charge in [-0.05, 0) is 75.7 Å². The van der Waals surface area contributed by atoms with Crippen molar-refractivity contribution in [2.75, 3.05) is 43.6 Å². The van der Waals surface area contributed by atoms with Gasteiger partial charge in [0.15, 0.2) is 5.69 Å². The third-order valence-corrected chi connectivity index (χ3v) is 9.44. The standard InChI is InChI=1S/C31H37ClN6O3/c1-35(17-15-31(30(40)41-2)13-4-3-5-14-31)26-12-16-36(21-26)27-11-10-25(18-33-27)37-19-22-20-38(34-28(22)29(37)39)24-8-6-23(32)7-9-24/h6-11,18,20,26H,3-5,12-17,19,21H2,1-2H3. The minimum atomic E-state index is -0.321. The van der Waals surface area contributed by atoms with E-state index < -0.39 is 0 Å². The van der Waals surface area contributed by atoms with Crippen molar-refractivity contribution in [2.45, 2.75) is 57.5 Å². The topological polar surface area (TPSA) is 83.8 Å². The number of benzene rings is 1. The third kappa shape index (κ3) is 5.45. The molecule has 0 radical (unpaired) electrons. The Kier molecular flexibility index (Phi) is 7.74. The number of hydrogen-bond donors (Lipinski definition) is 0. The molecule has 1 aliphatic carbocycles. The van der Waals surface area contributed by atoms with Crippen molar-refractivity contribution in [1.82, 2.24) is 19.7 Å². The van der Waals surface area contributed by atoms with Gasteiger partial charge in [-0.1, -0.05) is 30.9 Å². The predicted octanol–water partition coefficient (Wildman–Crippen LogP) is 5.11. The molecule has 2 aliphatic heterocycles. The van der Waals surface area contributed by atoms with Gasteiger partial charge in [0.25, 0.3) is 5.91 Å². The summed E-state index contributed by atoms with van der Waals surface area (Å²) in [5, 5.41) is 5.20. The second-order valence-electron chi connectivity index (χ2n) is 11.6. The van der Waals surface area contributed by atoms with Gasteiger partial charge >= 0.3 is 5.97 Å². The van der Waals surface area contributed by atoms with E-state index in [4.69, 9.17) is 21.3 Å². The van der Waals surface area contributed by atoms with E-state index in [0.29, 0.717) is 23.3 Å². The predicted molar refractivity (Wildman–Crippen MR) is 159 cm³/mol. The summed E-state index contributed by atoms with van der Waals surface area (Å²) < 4.78 is 6.94. The molecule has 10 heteroatoms. The molecule has 1 unspecified atom stereocenters. The Morgan fingerprint density at radius 2 is 1.88 bits per heavy atom. The molecule has 1 saturated heterocycles. The number of carbonyl (C=O) groups is 2. The molecule has 0 N–H and O–H groups in total. The maximum Gasteiger partial charge on any atom is 0.311 e. The Morgan fingerprint density at radius 3 is 2.56 bits per heavy atom. The smallest absolute Gasteiger partial charge is 0.311 e. The number of likely N-dealkylation sites (N-methyl/N-ethyl adjacent to an activating group) is 1. The van der Waals surface area contributed by atoms with Gasteiger partial charge in [0.05, 0.1) is 36.6 Å². The van der Waals surface area contributed by atoms with Crippen molar-refractivity contribution < 1.29 is 14.3 Å². The summed E-state index contributed by atoms with van der Waals surface area (Å²) in [5.41, 5.74) is 2.67. The molecule has 3 aromatic rings. The highest BCUT2D eigenvalue weighted by Gasteiger charge is 2.41. The number of fused-ring (bicyclic) bond motifs is 1. The second-order valence-corrected chi connectivity index (χ2v) is 12.1. The zero-order valence-electron chi connectivity index (χ0n) is 23.8. The lowest BCUT2D eigenvalue weighted by Gasteiger charge is -2.36. The first-order chi connectivity index (χ1) is 19.9. The van der Waals surface area contributed by atoms with Crippen LogP contribution in [0.1, 0.15) is 61.0 Å². The molecule has 41 heavy (non-hydrogen) atoms. The molecule has 9 nitrogen and oxygen atoms in total. The molecule has 1 aromatic carbocycles. The molecule has 0 spiro atoms. The van der Waals surface area contributed by atoms with E-state index in [0.717, 1.165) is 80.9 Å². The molecule has 1 amide bonds. The van der Waals surface area contributed by atoms with Crippen LogP contribution in [-0.2, 0) is 16.1 Å². The van der Waals surface area contributed by atoms with E-state index in [1.54, 1.807) is 15.8 Å². The molecule has 1 saturated carbocycles. The molecule has 4 heterocycles. The average molecular weight is 577 g/mol. The fraction of sp³-hybridized carbons (Fsp3) is 0.484. The van der Waals surface area contributed by atoms with Crippen molar-refractivity contribution in [3.8, 4) is 5.69 Å². The minimum Gasteiger partial charge on any atom is -0.469 e. The average Bonchev–Trinajstić information content (AvgIpc) is 3.73. The van der Waals surface area contributed by atoms with Crippen LogP contribution in [0.3, 0.4) is 0 Å². The zero-order valence-corrected chi connectivity index (χ0v) is 24.5. The number of aromatic nitrogens is 3. The fourth-order valence-electron chi connectivity index (χ4n) is 6.62. The summed E-state index contributed by atoms with van der Waals surface area (Å²) in [6, 6.07) is 11.8. The Bertz CT molecular complexity index is 1400. The summed E-state index contributed by atoms with van der Waals surface area (Å²) in [6.07, 6.45) is 10.9. The van der Waals surface area contributed by atoms with E-state index in [1.165, 1.54) is 13.5 Å². The van der Waals surface area contributed by atoms with Crippen molar-refractivity contribution in [1.29, 1.82) is 0 Å². The van der Waals surface area contributed by atoms with Gasteiger partial charge in [0, 0.05) is 35.9 Å². The number of amides is 1. The van der Waals surface area contributed by atoms with E-state index in [-0.39, 0.29) is 17.3 Å². The Balaban J connectivity index is 1.05. The third-order valence-electron chi connectivity index (χ3n) is 9.18. The SMILES string of the molecule is COC(=O)C1(CCN(C)C2CCN(c3ccc(N4Cc5cn(-c6ccc(Cl)cc6)nc5C4=O)cn3)C2)CCCCC1. The monoisotopic (exact) mass is 576 g/mol. The largest absolute Gasteiger partial charge is 0.469 e. The highest BCUT2D eigenvalue weighted by atomic mass is 35.5. The summed E-state index contributed by atoms with van der Waals surface area (Å²) >= 11 is 6.00. The summed E-state index contributed by atoms with van der Waals surface area (Å²) in [7, 11) is 3.68. The molecule has 1 atom stereocenters. The summed E-state index contributed by atoms with van der Waals surface area (Å²) in [5.74, 6) is 0.762. The van der Waals surface area contributed by atoms with Crippen LogP contribution in [0.2, 0.25) is 5.02 Å². The number of rotatable bonds is 8. The van der Waals surface area contributed by atoms with Crippen LogP contribution in [0.25, 0.3) is 5.69 Å². The number of pyridine rings is 1. The number of hydrogen-bond acceptors (Lipinski definition) is 7. The lowest BCUT2D eigenvalue weighted by molar-refractivity contribution is -0.155. The number of anilines is 2. The van der Waals surface area contributed by atoms with Gasteiger partial charge in [0.1, 0.15) is 5.82 Å². The van der Waals surface area contributed by atoms with Crippen LogP contribution < -0.4 is 9.80 Å². The van der Waals surface area contributed by atoms with Crippen LogP contribution in [-0.4, -0.2) is 71.4 Å². The summed E-state index contributed by atoms with van der Waals surface area (Å²) in [6.45, 7) is 3.16. The maximum atomic E-state index is 13.2. The van der Waals surface area contributed by atoms with E-state index in [9.17, 15) is 9.59 Å². The van der Waals surface area contributed by atoms with Crippen LogP contribution in [0.5, 0.6) is 0 Å². The lowest BCUT2D eigenvalue weighted by atomic mass is 9.71. The number of esters is 1. The first-order valence-electron chi connectivity index (χ1n) is 14.5.